The minimum atomic E-state index is -0.533. The van der Waals surface area contributed by atoms with Gasteiger partial charge in [-0.1, -0.05) is 30.3 Å². The van der Waals surface area contributed by atoms with E-state index < -0.39 is 5.91 Å². The second-order valence-corrected chi connectivity index (χ2v) is 9.54. The first-order valence-electron chi connectivity index (χ1n) is 11.0. The minimum Gasteiger partial charge on any atom is -0.496 e. The summed E-state index contributed by atoms with van der Waals surface area (Å²) >= 11 is 0. The molecule has 0 spiro atoms. The second-order valence-electron chi connectivity index (χ2n) is 9.54. The summed E-state index contributed by atoms with van der Waals surface area (Å²) in [5.41, 5.74) is 6.59. The lowest BCUT2D eigenvalue weighted by Gasteiger charge is -2.57. The van der Waals surface area contributed by atoms with Crippen molar-refractivity contribution in [2.45, 2.75) is 43.9 Å². The van der Waals surface area contributed by atoms with E-state index in [0.717, 1.165) is 34.6 Å². The van der Waals surface area contributed by atoms with Crippen LogP contribution < -0.4 is 10.2 Å². The normalized spacial score (nSPS) is 29.3. The van der Waals surface area contributed by atoms with Gasteiger partial charge in [-0.15, -0.1) is 0 Å². The predicted molar refractivity (Wildman–Crippen MR) is 117 cm³/mol. The number of nitrogens with one attached hydrogen (secondary N) is 1. The molecule has 4 aliphatic rings. The summed E-state index contributed by atoms with van der Waals surface area (Å²) in [4.78, 5) is 11.2. The van der Waals surface area contributed by atoms with Crippen LogP contribution in [0.3, 0.4) is 0 Å². The number of hydrogen-bond acceptors (Lipinski definition) is 3. The number of ether oxygens (including phenoxy) is 1. The molecule has 4 aliphatic carbocycles. The van der Waals surface area contributed by atoms with Crippen LogP contribution in [0.1, 0.15) is 49.7 Å². The van der Waals surface area contributed by atoms with E-state index in [9.17, 15) is 4.79 Å². The summed E-state index contributed by atoms with van der Waals surface area (Å²) < 4.78 is 5.84. The molecule has 2 aromatic rings. The van der Waals surface area contributed by atoms with Gasteiger partial charge in [-0.3, -0.25) is 10.0 Å². The van der Waals surface area contributed by atoms with E-state index in [1.54, 1.807) is 18.7 Å². The highest BCUT2D eigenvalue weighted by Crippen LogP contribution is 2.62. The molecule has 4 bridgehead atoms. The number of carbonyl (C=O) groups is 1. The molecule has 4 heteroatoms. The van der Waals surface area contributed by atoms with Crippen LogP contribution in [-0.4, -0.2) is 18.2 Å². The maximum atomic E-state index is 11.2. The Balaban J connectivity index is 1.47. The Hall–Kier alpha value is -2.59. The number of benzene rings is 2. The SMILES string of the molecule is COc1ccc(-c2ccc(/C=C/C(=O)NO)cc2)cc1C12CC3CC(CC(C3)C1)C2. The summed E-state index contributed by atoms with van der Waals surface area (Å²) in [7, 11) is 1.79. The van der Waals surface area contributed by atoms with Crippen LogP contribution in [0.5, 0.6) is 5.75 Å². The summed E-state index contributed by atoms with van der Waals surface area (Å²) in [6.07, 6.45) is 11.2. The fourth-order valence-electron chi connectivity index (χ4n) is 6.74. The van der Waals surface area contributed by atoms with Crippen LogP contribution in [0.15, 0.2) is 48.5 Å². The molecule has 4 nitrogen and oxygen atoms in total. The lowest BCUT2D eigenvalue weighted by Crippen LogP contribution is -2.48. The molecular formula is C26H29NO3. The number of hydroxylamine groups is 1. The number of amides is 1. The summed E-state index contributed by atoms with van der Waals surface area (Å²) in [6, 6.07) is 14.8. The molecule has 30 heavy (non-hydrogen) atoms. The number of carbonyl (C=O) groups excluding carboxylic acids is 1. The molecule has 6 rings (SSSR count). The Morgan fingerprint density at radius 3 is 2.17 bits per heavy atom. The van der Waals surface area contributed by atoms with E-state index in [4.69, 9.17) is 9.94 Å². The van der Waals surface area contributed by atoms with Crippen molar-refractivity contribution in [2.24, 2.45) is 17.8 Å². The maximum Gasteiger partial charge on any atom is 0.267 e. The maximum absolute atomic E-state index is 11.2. The quantitative estimate of drug-likeness (QED) is 0.402. The Kier molecular flexibility index (Phi) is 4.90. The van der Waals surface area contributed by atoms with E-state index in [2.05, 4.69) is 30.3 Å². The molecule has 0 aliphatic heterocycles. The molecule has 0 unspecified atom stereocenters. The van der Waals surface area contributed by atoms with E-state index in [0.29, 0.717) is 0 Å². The van der Waals surface area contributed by atoms with Gasteiger partial charge >= 0.3 is 0 Å². The fraction of sp³-hybridized carbons (Fsp3) is 0.423. The molecule has 0 aromatic heterocycles. The van der Waals surface area contributed by atoms with Crippen molar-refractivity contribution in [2.75, 3.05) is 7.11 Å². The minimum absolute atomic E-state index is 0.288. The van der Waals surface area contributed by atoms with Gasteiger partial charge in [-0.2, -0.15) is 0 Å². The van der Waals surface area contributed by atoms with Crippen molar-refractivity contribution in [1.29, 1.82) is 0 Å². The molecule has 0 atom stereocenters. The van der Waals surface area contributed by atoms with Crippen molar-refractivity contribution in [1.82, 2.24) is 5.48 Å². The lowest BCUT2D eigenvalue weighted by atomic mass is 9.48. The largest absolute Gasteiger partial charge is 0.496 e. The number of methoxy groups -OCH3 is 1. The molecule has 0 radical (unpaired) electrons. The van der Waals surface area contributed by atoms with Gasteiger partial charge in [0, 0.05) is 11.6 Å². The van der Waals surface area contributed by atoms with E-state index in [1.165, 1.54) is 55.7 Å². The van der Waals surface area contributed by atoms with Gasteiger partial charge < -0.3 is 4.74 Å². The van der Waals surface area contributed by atoms with Gasteiger partial charge in [0.05, 0.1) is 7.11 Å². The zero-order valence-electron chi connectivity index (χ0n) is 17.4. The molecular weight excluding hydrogens is 374 g/mol. The first-order valence-corrected chi connectivity index (χ1v) is 11.0. The van der Waals surface area contributed by atoms with Gasteiger partial charge in [0.2, 0.25) is 0 Å². The second kappa shape index (κ2) is 7.59. The Bertz CT molecular complexity index is 941. The highest BCUT2D eigenvalue weighted by Gasteiger charge is 2.52. The molecule has 0 heterocycles. The summed E-state index contributed by atoms with van der Waals surface area (Å²) in [5.74, 6) is 3.19. The first-order chi connectivity index (χ1) is 14.6. The Morgan fingerprint density at radius 2 is 1.60 bits per heavy atom. The number of hydrogen-bond donors (Lipinski definition) is 2. The van der Waals surface area contributed by atoms with E-state index in [-0.39, 0.29) is 5.41 Å². The first kappa shape index (κ1) is 19.4. The van der Waals surface area contributed by atoms with Gasteiger partial charge in [0.15, 0.2) is 0 Å². The fourth-order valence-corrected chi connectivity index (χ4v) is 6.74. The molecule has 4 saturated carbocycles. The molecule has 2 aromatic carbocycles. The van der Waals surface area contributed by atoms with Gasteiger partial charge in [-0.25, -0.2) is 5.48 Å². The van der Waals surface area contributed by atoms with Crippen molar-refractivity contribution in [3.05, 3.63) is 59.7 Å². The third-order valence-corrected chi connectivity index (χ3v) is 7.59. The van der Waals surface area contributed by atoms with E-state index >= 15 is 0 Å². The highest BCUT2D eigenvalue weighted by molar-refractivity contribution is 5.90. The van der Waals surface area contributed by atoms with Crippen LogP contribution in [-0.2, 0) is 10.2 Å². The standard InChI is InChI=1S/C26H29NO3/c1-30-24-8-7-22(21-5-2-17(3-6-21)4-9-25(28)27-29)13-23(24)26-14-18-10-19(15-26)12-20(11-18)16-26/h2-9,13,18-20,29H,10-12,14-16H2,1H3,(H,27,28)/b9-4+. The molecule has 0 saturated heterocycles. The highest BCUT2D eigenvalue weighted by atomic mass is 16.5. The van der Waals surface area contributed by atoms with Crippen LogP contribution in [0, 0.1) is 17.8 Å². The van der Waals surface area contributed by atoms with E-state index in [1.807, 2.05) is 12.1 Å². The topological polar surface area (TPSA) is 58.6 Å². The Labute approximate surface area is 177 Å². The molecule has 4 fully saturated rings. The molecule has 2 N–H and O–H groups in total. The smallest absolute Gasteiger partial charge is 0.267 e. The number of rotatable bonds is 5. The van der Waals surface area contributed by atoms with Gasteiger partial charge in [0.25, 0.3) is 5.91 Å². The lowest BCUT2D eigenvalue weighted by molar-refractivity contribution is -0.124. The van der Waals surface area contributed by atoms with Crippen LogP contribution in [0.2, 0.25) is 0 Å². The van der Waals surface area contributed by atoms with Gasteiger partial charge in [0.1, 0.15) is 5.75 Å². The van der Waals surface area contributed by atoms with Crippen molar-refractivity contribution < 1.29 is 14.7 Å². The summed E-state index contributed by atoms with van der Waals surface area (Å²) in [6.45, 7) is 0. The summed E-state index contributed by atoms with van der Waals surface area (Å²) in [5, 5.41) is 8.60. The average molecular weight is 404 g/mol. The molecule has 1 amide bonds. The van der Waals surface area contributed by atoms with Crippen molar-refractivity contribution in [3.8, 4) is 16.9 Å². The zero-order chi connectivity index (χ0) is 20.7. The third-order valence-electron chi connectivity index (χ3n) is 7.59. The average Bonchev–Trinajstić information content (AvgIpc) is 2.76. The zero-order valence-corrected chi connectivity index (χ0v) is 17.4. The van der Waals surface area contributed by atoms with Gasteiger partial charge in [-0.05, 0) is 96.6 Å². The third kappa shape index (κ3) is 3.43. The Morgan fingerprint density at radius 1 is 1.00 bits per heavy atom. The van der Waals surface area contributed by atoms with Crippen LogP contribution in [0.25, 0.3) is 17.2 Å². The molecule has 156 valence electrons. The monoisotopic (exact) mass is 403 g/mol. The van der Waals surface area contributed by atoms with Crippen molar-refractivity contribution in [3.63, 3.8) is 0 Å². The van der Waals surface area contributed by atoms with Crippen LogP contribution in [0.4, 0.5) is 0 Å². The van der Waals surface area contributed by atoms with Crippen LogP contribution >= 0.6 is 0 Å². The predicted octanol–water partition coefficient (Wildman–Crippen LogP) is 5.35. The van der Waals surface area contributed by atoms with Crippen molar-refractivity contribution >= 4 is 12.0 Å².